The largest absolute Gasteiger partial charge is 0.322 e. The first-order chi connectivity index (χ1) is 14.2. The van der Waals surface area contributed by atoms with Crippen molar-refractivity contribution in [3.8, 4) is 0 Å². The van der Waals surface area contributed by atoms with Crippen LogP contribution in [0.3, 0.4) is 0 Å². The van der Waals surface area contributed by atoms with Crippen LogP contribution in [0.2, 0.25) is 0 Å². The van der Waals surface area contributed by atoms with Crippen molar-refractivity contribution in [3.63, 3.8) is 0 Å². The molecule has 1 aliphatic rings. The number of aryl methyl sites for hydroxylation is 4. The summed E-state index contributed by atoms with van der Waals surface area (Å²) in [6.07, 6.45) is 1.48. The van der Waals surface area contributed by atoms with Crippen molar-refractivity contribution in [1.82, 2.24) is 14.8 Å². The van der Waals surface area contributed by atoms with Gasteiger partial charge in [-0.25, -0.2) is 0 Å². The van der Waals surface area contributed by atoms with Crippen molar-refractivity contribution in [2.75, 3.05) is 16.8 Å². The van der Waals surface area contributed by atoms with Gasteiger partial charge < -0.3 is 10.2 Å². The summed E-state index contributed by atoms with van der Waals surface area (Å²) in [5.41, 5.74) is 5.97. The molecule has 0 radical (unpaired) electrons. The summed E-state index contributed by atoms with van der Waals surface area (Å²) in [6, 6.07) is 9.51. The second kappa shape index (κ2) is 8.55. The van der Waals surface area contributed by atoms with Gasteiger partial charge in [0.2, 0.25) is 0 Å². The average Bonchev–Trinajstić information content (AvgIpc) is 3.12. The number of carbonyl (C=O) groups is 2. The maximum absolute atomic E-state index is 13.4. The van der Waals surface area contributed by atoms with Gasteiger partial charge in [-0.2, -0.15) is 18.6 Å². The number of nitrogens with zero attached hydrogens (tertiary/aromatic N) is 4. The fourth-order valence-corrected chi connectivity index (χ4v) is 3.85. The van der Waals surface area contributed by atoms with Gasteiger partial charge in [0.1, 0.15) is 5.69 Å². The molecule has 1 aliphatic heterocycles. The van der Waals surface area contributed by atoms with E-state index in [1.54, 1.807) is 21.7 Å². The molecule has 1 atom stereocenters. The Morgan fingerprint density at radius 2 is 1.74 bits per heavy atom. The Balaban J connectivity index is 0.00000272. The average molecular weight is 438 g/mol. The van der Waals surface area contributed by atoms with Gasteiger partial charge in [-0.3, -0.25) is 19.3 Å². The zero-order valence-corrected chi connectivity index (χ0v) is 19.4. The van der Waals surface area contributed by atoms with Gasteiger partial charge in [-0.05, 0) is 70.0 Å². The van der Waals surface area contributed by atoms with Crippen LogP contribution in [-0.4, -0.2) is 33.1 Å². The van der Waals surface area contributed by atoms with Gasteiger partial charge in [-0.15, -0.1) is 0 Å². The molecule has 3 heterocycles. The lowest BCUT2D eigenvalue weighted by molar-refractivity contribution is 0.0939. The number of hydrogen-bond donors (Lipinski definition) is 1. The van der Waals surface area contributed by atoms with Crippen LogP contribution in [0.1, 0.15) is 56.3 Å². The van der Waals surface area contributed by atoms with E-state index in [9.17, 15) is 9.59 Å². The van der Waals surface area contributed by atoms with E-state index in [1.165, 1.54) is 11.8 Å². The highest BCUT2D eigenvalue weighted by atomic mass is 32.1. The number of anilines is 2. The molecule has 0 saturated heterocycles. The van der Waals surface area contributed by atoms with Crippen LogP contribution in [0.5, 0.6) is 0 Å². The van der Waals surface area contributed by atoms with Gasteiger partial charge in [0.15, 0.2) is 0 Å². The Hall–Kier alpha value is -3.13. The summed E-state index contributed by atoms with van der Waals surface area (Å²) in [4.78, 5) is 32.4. The van der Waals surface area contributed by atoms with Gasteiger partial charge in [0, 0.05) is 29.3 Å². The molecule has 0 saturated carbocycles. The monoisotopic (exact) mass is 437 g/mol. The number of hydrogen-bond acceptors (Lipinski definition) is 4. The molecule has 3 aromatic rings. The van der Waals surface area contributed by atoms with Crippen molar-refractivity contribution in [3.05, 3.63) is 70.3 Å². The third-order valence-electron chi connectivity index (χ3n) is 5.49. The van der Waals surface area contributed by atoms with Gasteiger partial charge >= 0.3 is 0 Å². The van der Waals surface area contributed by atoms with Crippen LogP contribution in [0.25, 0.3) is 0 Å². The number of carbonyl (C=O) groups excluding carboxylic acids is 2. The molecule has 0 bridgehead atoms. The Morgan fingerprint density at radius 1 is 1.06 bits per heavy atom. The molecule has 0 spiro atoms. The molecular weight excluding hydrogens is 410 g/mol. The SMILES string of the molecule is Cc1cc(NC(=O)c2cnn3c2C(=O)N(c2ccc(C)c(C)c2)C[C@@H]3C)cc(C)n1.S. The van der Waals surface area contributed by atoms with Crippen LogP contribution in [0.15, 0.2) is 36.5 Å². The van der Waals surface area contributed by atoms with E-state index in [4.69, 9.17) is 0 Å². The molecule has 7 nitrogen and oxygen atoms in total. The number of pyridine rings is 1. The molecule has 31 heavy (non-hydrogen) atoms. The molecule has 0 unspecified atom stereocenters. The van der Waals surface area contributed by atoms with Crippen molar-refractivity contribution >= 4 is 36.7 Å². The van der Waals surface area contributed by atoms with Crippen molar-refractivity contribution in [1.29, 1.82) is 0 Å². The second-order valence-corrected chi connectivity index (χ2v) is 7.98. The summed E-state index contributed by atoms with van der Waals surface area (Å²) < 4.78 is 1.65. The molecular formula is C23H27N5O2S. The highest BCUT2D eigenvalue weighted by molar-refractivity contribution is 7.59. The van der Waals surface area contributed by atoms with E-state index in [-0.39, 0.29) is 36.9 Å². The maximum Gasteiger partial charge on any atom is 0.277 e. The van der Waals surface area contributed by atoms with Crippen molar-refractivity contribution in [2.45, 2.75) is 40.7 Å². The highest BCUT2D eigenvalue weighted by Crippen LogP contribution is 2.29. The molecule has 1 aromatic carbocycles. The third-order valence-corrected chi connectivity index (χ3v) is 5.49. The predicted octanol–water partition coefficient (Wildman–Crippen LogP) is 4.10. The summed E-state index contributed by atoms with van der Waals surface area (Å²) >= 11 is 0. The lowest BCUT2D eigenvalue weighted by Gasteiger charge is -2.32. The summed E-state index contributed by atoms with van der Waals surface area (Å²) in [5, 5.41) is 7.22. The van der Waals surface area contributed by atoms with E-state index in [2.05, 4.69) is 15.4 Å². The van der Waals surface area contributed by atoms with E-state index >= 15 is 0 Å². The van der Waals surface area contributed by atoms with Gasteiger partial charge in [0.25, 0.3) is 11.8 Å². The number of aromatic nitrogens is 3. The van der Waals surface area contributed by atoms with Crippen molar-refractivity contribution < 1.29 is 9.59 Å². The minimum absolute atomic E-state index is 0. The zero-order chi connectivity index (χ0) is 21.6. The Morgan fingerprint density at radius 3 is 2.39 bits per heavy atom. The predicted molar refractivity (Wildman–Crippen MR) is 127 cm³/mol. The molecule has 1 N–H and O–H groups in total. The quantitative estimate of drug-likeness (QED) is 0.669. The van der Waals surface area contributed by atoms with Gasteiger partial charge in [-0.1, -0.05) is 6.07 Å². The standard InChI is InChI=1S/C23H25N5O2.H2S/c1-13-6-7-19(8-14(13)2)27-12-17(5)28-21(23(27)30)20(11-24-28)22(29)26-18-9-15(3)25-16(4)10-18;/h6-11,17H,12H2,1-5H3,(H,25,26,29);1H2/t17-;/m0./s1. The fraction of sp³-hybridized carbons (Fsp3) is 0.304. The van der Waals surface area contributed by atoms with Crippen molar-refractivity contribution in [2.24, 2.45) is 0 Å². The second-order valence-electron chi connectivity index (χ2n) is 7.98. The highest BCUT2D eigenvalue weighted by Gasteiger charge is 2.35. The Kier molecular flexibility index (Phi) is 6.22. The maximum atomic E-state index is 13.4. The van der Waals surface area contributed by atoms with Gasteiger partial charge in [0.05, 0.1) is 17.8 Å². The zero-order valence-electron chi connectivity index (χ0n) is 18.4. The first kappa shape index (κ1) is 22.6. The normalized spacial score (nSPS) is 15.3. The molecule has 4 rings (SSSR count). The van der Waals surface area contributed by atoms with Crippen LogP contribution in [-0.2, 0) is 0 Å². The minimum Gasteiger partial charge on any atom is -0.322 e. The third kappa shape index (κ3) is 4.20. The first-order valence-electron chi connectivity index (χ1n) is 9.98. The molecule has 2 amide bonds. The fourth-order valence-electron chi connectivity index (χ4n) is 3.85. The number of rotatable bonds is 3. The Bertz CT molecular complexity index is 1150. The lowest BCUT2D eigenvalue weighted by Crippen LogP contribution is -2.43. The summed E-state index contributed by atoms with van der Waals surface area (Å²) in [5.74, 6) is -0.579. The molecule has 162 valence electrons. The van der Waals surface area contributed by atoms with Crippen LogP contribution >= 0.6 is 13.5 Å². The number of nitrogens with one attached hydrogen (secondary N) is 1. The smallest absolute Gasteiger partial charge is 0.277 e. The Labute approximate surface area is 188 Å². The molecule has 0 aliphatic carbocycles. The molecule has 2 aromatic heterocycles. The lowest BCUT2D eigenvalue weighted by atomic mass is 10.1. The molecule has 0 fully saturated rings. The topological polar surface area (TPSA) is 80.1 Å². The van der Waals surface area contributed by atoms with E-state index < -0.39 is 0 Å². The molecule has 8 heteroatoms. The summed E-state index contributed by atoms with van der Waals surface area (Å²) in [6.45, 7) is 10.3. The van der Waals surface area contributed by atoms with Crippen LogP contribution in [0, 0.1) is 27.7 Å². The van der Waals surface area contributed by atoms with Crippen LogP contribution < -0.4 is 10.2 Å². The van der Waals surface area contributed by atoms with E-state index in [1.807, 2.05) is 52.8 Å². The minimum atomic E-state index is -0.358. The summed E-state index contributed by atoms with van der Waals surface area (Å²) in [7, 11) is 0. The number of amides is 2. The van der Waals surface area contributed by atoms with E-state index in [0.29, 0.717) is 17.9 Å². The number of fused-ring (bicyclic) bond motifs is 1. The number of benzene rings is 1. The van der Waals surface area contributed by atoms with E-state index in [0.717, 1.165) is 22.6 Å². The first-order valence-corrected chi connectivity index (χ1v) is 9.98. The van der Waals surface area contributed by atoms with Crippen LogP contribution in [0.4, 0.5) is 11.4 Å².